The molecule has 9 nitrogen and oxygen atoms in total. The summed E-state index contributed by atoms with van der Waals surface area (Å²) in [7, 11) is 1.75. The molecule has 1 aromatic carbocycles. The Morgan fingerprint density at radius 1 is 1.30 bits per heavy atom. The summed E-state index contributed by atoms with van der Waals surface area (Å²) in [6.45, 7) is 0.788. The van der Waals surface area contributed by atoms with Gasteiger partial charge in [-0.25, -0.2) is 9.37 Å². The lowest BCUT2D eigenvalue weighted by molar-refractivity contribution is 0.438. The van der Waals surface area contributed by atoms with Crippen molar-refractivity contribution in [3.05, 3.63) is 42.0 Å². The fourth-order valence-corrected chi connectivity index (χ4v) is 5.14. The van der Waals surface area contributed by atoms with E-state index in [-0.39, 0.29) is 23.9 Å². The summed E-state index contributed by atoms with van der Waals surface area (Å²) in [5.74, 6) is 1.19. The summed E-state index contributed by atoms with van der Waals surface area (Å²) >= 11 is 0. The highest BCUT2D eigenvalue weighted by Crippen LogP contribution is 2.44. The zero-order chi connectivity index (χ0) is 22.7. The Morgan fingerprint density at radius 3 is 2.85 bits per heavy atom. The number of nitrogens with two attached hydrogens (primary N) is 1. The maximum absolute atomic E-state index is 14.4. The first-order valence-corrected chi connectivity index (χ1v) is 10.8. The highest BCUT2D eigenvalue weighted by atomic mass is 19.1. The van der Waals surface area contributed by atoms with Crippen LogP contribution in [-0.2, 0) is 0 Å². The third-order valence-corrected chi connectivity index (χ3v) is 6.68. The van der Waals surface area contributed by atoms with Crippen LogP contribution in [0.15, 0.2) is 30.5 Å². The Kier molecular flexibility index (Phi) is 4.35. The molecule has 0 unspecified atom stereocenters. The van der Waals surface area contributed by atoms with Gasteiger partial charge in [0.05, 0.1) is 22.8 Å². The molecule has 4 heterocycles. The molecule has 6 rings (SSSR count). The van der Waals surface area contributed by atoms with Crippen LogP contribution in [0, 0.1) is 23.1 Å². The van der Waals surface area contributed by atoms with E-state index in [4.69, 9.17) is 20.7 Å². The van der Waals surface area contributed by atoms with Crippen LogP contribution in [0.25, 0.3) is 21.9 Å². The van der Waals surface area contributed by atoms with Gasteiger partial charge in [-0.15, -0.1) is 0 Å². The number of hydrogen-bond acceptors (Lipinski definition) is 8. The highest BCUT2D eigenvalue weighted by molar-refractivity contribution is 6.14. The largest absolute Gasteiger partial charge is 0.423 e. The zero-order valence-corrected chi connectivity index (χ0v) is 17.8. The maximum Gasteiger partial charge on any atom is 0.326 e. The van der Waals surface area contributed by atoms with Gasteiger partial charge in [0, 0.05) is 31.1 Å². The number of pyridine rings is 1. The van der Waals surface area contributed by atoms with Crippen molar-refractivity contribution in [1.29, 1.82) is 5.26 Å². The van der Waals surface area contributed by atoms with E-state index in [9.17, 15) is 4.39 Å². The van der Waals surface area contributed by atoms with Crippen LogP contribution >= 0.6 is 0 Å². The molecule has 3 atom stereocenters. The molecule has 1 saturated carbocycles. The average molecular weight is 444 g/mol. The Balaban J connectivity index is 1.53. The van der Waals surface area contributed by atoms with Gasteiger partial charge < -0.3 is 25.7 Å². The molecule has 2 bridgehead atoms. The average Bonchev–Trinajstić information content (AvgIpc) is 3.50. The van der Waals surface area contributed by atoms with E-state index in [1.54, 1.807) is 19.2 Å². The number of nitrogens with one attached hydrogen (secondary N) is 2. The van der Waals surface area contributed by atoms with E-state index < -0.39 is 0 Å². The lowest BCUT2D eigenvalue weighted by atomic mass is 10.0. The van der Waals surface area contributed by atoms with Gasteiger partial charge in [0.1, 0.15) is 34.8 Å². The van der Waals surface area contributed by atoms with Gasteiger partial charge in [-0.05, 0) is 43.0 Å². The quantitative estimate of drug-likeness (QED) is 0.437. The predicted octanol–water partition coefficient (Wildman–Crippen LogP) is 3.28. The van der Waals surface area contributed by atoms with E-state index in [1.807, 2.05) is 6.07 Å². The molecule has 166 valence electrons. The second kappa shape index (κ2) is 7.28. The molecular weight excluding hydrogens is 423 g/mol. The number of anilines is 2. The molecular formula is C23H21FN8O. The van der Waals surface area contributed by atoms with Crippen molar-refractivity contribution in [2.75, 3.05) is 23.8 Å². The number of fused-ring (bicyclic) bond motifs is 5. The summed E-state index contributed by atoms with van der Waals surface area (Å²) in [5, 5.41) is 13.5. The third kappa shape index (κ3) is 3.12. The van der Waals surface area contributed by atoms with E-state index >= 15 is 0 Å². The zero-order valence-electron chi connectivity index (χ0n) is 17.8. The summed E-state index contributed by atoms with van der Waals surface area (Å²) in [4.78, 5) is 19.0. The van der Waals surface area contributed by atoms with Gasteiger partial charge in [0.25, 0.3) is 0 Å². The van der Waals surface area contributed by atoms with Crippen molar-refractivity contribution in [3.63, 3.8) is 0 Å². The molecule has 2 fully saturated rings. The van der Waals surface area contributed by atoms with Crippen LogP contribution < -0.4 is 20.7 Å². The number of halogens is 1. The van der Waals surface area contributed by atoms with Crippen LogP contribution in [0.1, 0.15) is 18.5 Å². The number of nitrogens with zero attached hydrogens (tertiary/aromatic N) is 5. The van der Waals surface area contributed by atoms with E-state index in [1.165, 1.54) is 18.3 Å². The molecule has 1 aliphatic carbocycles. The molecule has 3 aromatic heterocycles. The van der Waals surface area contributed by atoms with Crippen molar-refractivity contribution in [2.45, 2.75) is 24.9 Å². The van der Waals surface area contributed by atoms with Crippen molar-refractivity contribution >= 4 is 33.4 Å². The molecule has 33 heavy (non-hydrogen) atoms. The molecule has 4 N–H and O–H groups in total. The Morgan fingerprint density at radius 2 is 2.18 bits per heavy atom. The second-order valence-corrected chi connectivity index (χ2v) is 8.60. The Bertz CT molecular complexity index is 1420. The predicted molar refractivity (Wildman–Crippen MR) is 122 cm³/mol. The van der Waals surface area contributed by atoms with E-state index in [0.717, 1.165) is 30.3 Å². The van der Waals surface area contributed by atoms with E-state index in [2.05, 4.69) is 25.2 Å². The lowest BCUT2D eigenvalue weighted by Crippen LogP contribution is -2.41. The smallest absolute Gasteiger partial charge is 0.326 e. The molecule has 0 amide bonds. The lowest BCUT2D eigenvalue weighted by Gasteiger charge is -2.31. The fraction of sp³-hybridized carbons (Fsp3) is 0.304. The topological polar surface area (TPSA) is 129 Å². The number of hydrogen-bond donors (Lipinski definition) is 3. The molecule has 2 aliphatic rings. The summed E-state index contributed by atoms with van der Waals surface area (Å²) in [5.41, 5.74) is 8.52. The van der Waals surface area contributed by atoms with Gasteiger partial charge in [0.15, 0.2) is 0 Å². The molecule has 10 heteroatoms. The molecule has 1 aliphatic heterocycles. The minimum absolute atomic E-state index is 0.147. The monoisotopic (exact) mass is 444 g/mol. The van der Waals surface area contributed by atoms with Crippen molar-refractivity contribution in [2.24, 2.45) is 11.7 Å². The Hall–Kier alpha value is -3.97. The third-order valence-electron chi connectivity index (χ3n) is 6.68. The Labute approximate surface area is 188 Å². The molecule has 1 saturated heterocycles. The van der Waals surface area contributed by atoms with Crippen LogP contribution in [-0.4, -0.2) is 45.6 Å². The van der Waals surface area contributed by atoms with Crippen LogP contribution in [0.5, 0.6) is 11.8 Å². The SMILES string of the molecule is CNc1cc(F)cc2c1[nH]c1nc(Oc3ccc(C#N)nc3)nc(N3C[C@H]4C[C@@H]3C[C@@H]4N)c12. The van der Waals surface area contributed by atoms with Crippen molar-refractivity contribution < 1.29 is 9.13 Å². The number of nitriles is 1. The minimum Gasteiger partial charge on any atom is -0.423 e. The van der Waals surface area contributed by atoms with Gasteiger partial charge in [-0.1, -0.05) is 0 Å². The number of benzene rings is 1. The molecule has 0 spiro atoms. The van der Waals surface area contributed by atoms with E-state index in [0.29, 0.717) is 39.9 Å². The van der Waals surface area contributed by atoms with Gasteiger partial charge in [-0.2, -0.15) is 15.2 Å². The standard InChI is InChI=1S/C23H21FN8O/c1-27-18-6-12(24)5-16-19-21(29-20(16)18)30-23(33-15-3-2-13(8-25)28-9-15)31-22(19)32-10-11-4-14(32)7-17(11)26/h2-3,5-6,9,11,14,17,27H,4,7,10,26H2,1H3,(H,29,30,31)/t11-,14-,17+/m1/s1. The van der Waals surface area contributed by atoms with Crippen molar-refractivity contribution in [3.8, 4) is 17.8 Å². The number of H-pyrrole nitrogens is 1. The first-order chi connectivity index (χ1) is 16.0. The maximum atomic E-state index is 14.4. The number of aromatic nitrogens is 4. The van der Waals surface area contributed by atoms with Crippen LogP contribution in [0.4, 0.5) is 15.9 Å². The molecule has 4 aromatic rings. The van der Waals surface area contributed by atoms with Crippen LogP contribution in [0.2, 0.25) is 0 Å². The normalized spacial score (nSPS) is 21.6. The summed E-state index contributed by atoms with van der Waals surface area (Å²) in [6, 6.07) is 8.77. The number of aromatic amines is 1. The van der Waals surface area contributed by atoms with Crippen LogP contribution in [0.3, 0.4) is 0 Å². The van der Waals surface area contributed by atoms with Gasteiger partial charge in [-0.3, -0.25) is 0 Å². The number of rotatable bonds is 4. The van der Waals surface area contributed by atoms with Gasteiger partial charge >= 0.3 is 6.01 Å². The first-order valence-electron chi connectivity index (χ1n) is 10.8. The fourth-order valence-electron chi connectivity index (χ4n) is 5.14. The van der Waals surface area contributed by atoms with Gasteiger partial charge in [0.2, 0.25) is 0 Å². The van der Waals surface area contributed by atoms with Crippen molar-refractivity contribution in [1.82, 2.24) is 19.9 Å². The summed E-state index contributed by atoms with van der Waals surface area (Å²) < 4.78 is 20.4. The number of ether oxygens (including phenoxy) is 1. The first kappa shape index (κ1) is 19.7. The number of piperidine rings is 1. The molecule has 0 radical (unpaired) electrons. The minimum atomic E-state index is -0.340. The summed E-state index contributed by atoms with van der Waals surface area (Å²) in [6.07, 6.45) is 3.37. The second-order valence-electron chi connectivity index (χ2n) is 8.60. The highest BCUT2D eigenvalue weighted by Gasteiger charge is 2.44.